The van der Waals surface area contributed by atoms with Gasteiger partial charge in [-0.25, -0.2) is 0 Å². The number of aryl methyl sites for hydroxylation is 1. The van der Waals surface area contributed by atoms with Crippen LogP contribution in [0.3, 0.4) is 0 Å². The van der Waals surface area contributed by atoms with Gasteiger partial charge < -0.3 is 14.4 Å². The number of methoxy groups -OCH3 is 2. The van der Waals surface area contributed by atoms with Gasteiger partial charge in [-0.2, -0.15) is 0 Å². The molecular weight excluding hydrogens is 352 g/mol. The van der Waals surface area contributed by atoms with Crippen LogP contribution >= 0.6 is 0 Å². The summed E-state index contributed by atoms with van der Waals surface area (Å²) in [5.74, 6) is 1.98. The minimum atomic E-state index is 0.252. The van der Waals surface area contributed by atoms with Gasteiger partial charge in [0.05, 0.1) is 14.2 Å². The molecule has 1 heterocycles. The lowest BCUT2D eigenvalue weighted by molar-refractivity contribution is -0.131. The van der Waals surface area contributed by atoms with Crippen LogP contribution in [0.2, 0.25) is 0 Å². The van der Waals surface area contributed by atoms with E-state index in [1.165, 1.54) is 11.1 Å². The van der Waals surface area contributed by atoms with Crippen molar-refractivity contribution < 1.29 is 14.3 Å². The number of amides is 1. The maximum atomic E-state index is 12.7. The molecule has 0 aliphatic carbocycles. The van der Waals surface area contributed by atoms with Gasteiger partial charge in [0.25, 0.3) is 0 Å². The molecule has 0 N–H and O–H groups in total. The summed E-state index contributed by atoms with van der Waals surface area (Å²) in [7, 11) is 3.35. The van der Waals surface area contributed by atoms with E-state index in [1.807, 2.05) is 41.3 Å². The standard InChI is InChI=1S/C23H30N2O3/c1-27-21-9-4-19(5-10-21)8-13-23(26)25-15-3-14-24(16-17-25)18-20-6-11-22(28-2)12-7-20/h4-7,9-12H,3,8,13-18H2,1-2H3. The Kier molecular flexibility index (Phi) is 7.31. The average molecular weight is 383 g/mol. The van der Waals surface area contributed by atoms with E-state index in [1.54, 1.807) is 14.2 Å². The molecule has 28 heavy (non-hydrogen) atoms. The molecule has 1 aliphatic rings. The number of rotatable bonds is 7. The quantitative estimate of drug-likeness (QED) is 0.736. The molecule has 1 saturated heterocycles. The number of carbonyl (C=O) groups excluding carboxylic acids is 1. The summed E-state index contributed by atoms with van der Waals surface area (Å²) in [5, 5.41) is 0. The summed E-state index contributed by atoms with van der Waals surface area (Å²) in [4.78, 5) is 17.1. The summed E-state index contributed by atoms with van der Waals surface area (Å²) in [6.45, 7) is 4.50. The zero-order valence-corrected chi connectivity index (χ0v) is 16.9. The Balaban J connectivity index is 1.46. The molecule has 1 amide bonds. The van der Waals surface area contributed by atoms with Crippen LogP contribution in [0.4, 0.5) is 0 Å². The molecule has 1 aliphatic heterocycles. The van der Waals surface area contributed by atoms with E-state index >= 15 is 0 Å². The first-order chi connectivity index (χ1) is 13.7. The summed E-state index contributed by atoms with van der Waals surface area (Å²) < 4.78 is 10.4. The molecule has 0 aromatic heterocycles. The van der Waals surface area contributed by atoms with Crippen LogP contribution in [-0.2, 0) is 17.8 Å². The molecule has 2 aromatic rings. The van der Waals surface area contributed by atoms with Gasteiger partial charge in [-0.15, -0.1) is 0 Å². The fraction of sp³-hybridized carbons (Fsp3) is 0.435. The lowest BCUT2D eigenvalue weighted by Gasteiger charge is -2.22. The lowest BCUT2D eigenvalue weighted by atomic mass is 10.1. The topological polar surface area (TPSA) is 42.0 Å². The van der Waals surface area contributed by atoms with Crippen molar-refractivity contribution >= 4 is 5.91 Å². The van der Waals surface area contributed by atoms with E-state index in [9.17, 15) is 4.79 Å². The van der Waals surface area contributed by atoms with E-state index in [-0.39, 0.29) is 5.91 Å². The third-order valence-electron chi connectivity index (χ3n) is 5.29. The van der Waals surface area contributed by atoms with Gasteiger partial charge in [-0.3, -0.25) is 9.69 Å². The van der Waals surface area contributed by atoms with Crippen molar-refractivity contribution in [3.8, 4) is 11.5 Å². The Morgan fingerprint density at radius 2 is 1.43 bits per heavy atom. The highest BCUT2D eigenvalue weighted by Gasteiger charge is 2.19. The predicted octanol–water partition coefficient (Wildman–Crippen LogP) is 3.37. The zero-order chi connectivity index (χ0) is 19.8. The number of hydrogen-bond acceptors (Lipinski definition) is 4. The molecule has 2 aromatic carbocycles. The number of hydrogen-bond donors (Lipinski definition) is 0. The van der Waals surface area contributed by atoms with Gasteiger partial charge >= 0.3 is 0 Å². The smallest absolute Gasteiger partial charge is 0.222 e. The van der Waals surface area contributed by atoms with Crippen molar-refractivity contribution in [1.29, 1.82) is 0 Å². The highest BCUT2D eigenvalue weighted by Crippen LogP contribution is 2.16. The van der Waals surface area contributed by atoms with Crippen LogP contribution in [0.25, 0.3) is 0 Å². The maximum Gasteiger partial charge on any atom is 0.222 e. The van der Waals surface area contributed by atoms with Crippen molar-refractivity contribution in [3.05, 3.63) is 59.7 Å². The van der Waals surface area contributed by atoms with Crippen LogP contribution in [-0.4, -0.2) is 56.1 Å². The summed E-state index contributed by atoms with van der Waals surface area (Å²) in [6.07, 6.45) is 2.35. The van der Waals surface area contributed by atoms with Gasteiger partial charge in [0.15, 0.2) is 0 Å². The molecule has 0 radical (unpaired) electrons. The Bertz CT molecular complexity index is 743. The second kappa shape index (κ2) is 10.1. The van der Waals surface area contributed by atoms with E-state index in [0.29, 0.717) is 6.42 Å². The van der Waals surface area contributed by atoms with Crippen LogP contribution in [0.5, 0.6) is 11.5 Å². The molecule has 150 valence electrons. The number of ether oxygens (including phenoxy) is 2. The van der Waals surface area contributed by atoms with Crippen molar-refractivity contribution in [2.45, 2.75) is 25.8 Å². The number of benzene rings is 2. The number of nitrogens with zero attached hydrogens (tertiary/aromatic N) is 2. The molecule has 0 atom stereocenters. The fourth-order valence-electron chi connectivity index (χ4n) is 3.57. The monoisotopic (exact) mass is 382 g/mol. The van der Waals surface area contributed by atoms with Crippen LogP contribution in [0.15, 0.2) is 48.5 Å². The average Bonchev–Trinajstić information content (AvgIpc) is 2.98. The Hall–Kier alpha value is -2.53. The molecule has 0 bridgehead atoms. The molecule has 0 saturated carbocycles. The fourth-order valence-corrected chi connectivity index (χ4v) is 3.57. The molecule has 1 fully saturated rings. The van der Waals surface area contributed by atoms with Crippen molar-refractivity contribution in [2.24, 2.45) is 0 Å². The zero-order valence-electron chi connectivity index (χ0n) is 16.9. The number of carbonyl (C=O) groups is 1. The van der Waals surface area contributed by atoms with Crippen molar-refractivity contribution in [1.82, 2.24) is 9.80 Å². The third-order valence-corrected chi connectivity index (χ3v) is 5.29. The first-order valence-electron chi connectivity index (χ1n) is 9.94. The summed E-state index contributed by atoms with van der Waals surface area (Å²) >= 11 is 0. The van der Waals surface area contributed by atoms with Crippen molar-refractivity contribution in [3.63, 3.8) is 0 Å². The van der Waals surface area contributed by atoms with Crippen LogP contribution < -0.4 is 9.47 Å². The normalized spacial score (nSPS) is 15.1. The van der Waals surface area contributed by atoms with Gasteiger partial charge in [0.1, 0.15) is 11.5 Å². The van der Waals surface area contributed by atoms with E-state index in [0.717, 1.165) is 57.1 Å². The SMILES string of the molecule is COc1ccc(CCC(=O)N2CCCN(Cc3ccc(OC)cc3)CC2)cc1. The highest BCUT2D eigenvalue weighted by molar-refractivity contribution is 5.76. The Morgan fingerprint density at radius 1 is 0.821 bits per heavy atom. The third kappa shape index (κ3) is 5.73. The van der Waals surface area contributed by atoms with E-state index in [2.05, 4.69) is 17.0 Å². The molecule has 0 unspecified atom stereocenters. The molecule has 3 rings (SSSR count). The Morgan fingerprint density at radius 3 is 2.04 bits per heavy atom. The first-order valence-corrected chi connectivity index (χ1v) is 9.94. The second-order valence-electron chi connectivity index (χ2n) is 7.21. The van der Waals surface area contributed by atoms with E-state index in [4.69, 9.17) is 9.47 Å². The molecule has 5 heteroatoms. The predicted molar refractivity (Wildman–Crippen MR) is 111 cm³/mol. The van der Waals surface area contributed by atoms with E-state index < -0.39 is 0 Å². The van der Waals surface area contributed by atoms with Crippen LogP contribution in [0, 0.1) is 0 Å². The molecule has 5 nitrogen and oxygen atoms in total. The first kappa shape index (κ1) is 20.2. The molecule has 0 spiro atoms. The minimum absolute atomic E-state index is 0.252. The summed E-state index contributed by atoms with van der Waals surface area (Å²) in [5.41, 5.74) is 2.45. The van der Waals surface area contributed by atoms with Crippen LogP contribution in [0.1, 0.15) is 24.0 Å². The van der Waals surface area contributed by atoms with Gasteiger partial charge in [0.2, 0.25) is 5.91 Å². The van der Waals surface area contributed by atoms with Gasteiger partial charge in [0, 0.05) is 39.1 Å². The highest BCUT2D eigenvalue weighted by atomic mass is 16.5. The minimum Gasteiger partial charge on any atom is -0.497 e. The lowest BCUT2D eigenvalue weighted by Crippen LogP contribution is -2.35. The molecular formula is C23H30N2O3. The Labute approximate surface area is 167 Å². The maximum absolute atomic E-state index is 12.7. The summed E-state index contributed by atoms with van der Waals surface area (Å²) in [6, 6.07) is 16.2. The second-order valence-corrected chi connectivity index (χ2v) is 7.21. The van der Waals surface area contributed by atoms with Gasteiger partial charge in [-0.1, -0.05) is 24.3 Å². The van der Waals surface area contributed by atoms with Gasteiger partial charge in [-0.05, 0) is 48.2 Å². The van der Waals surface area contributed by atoms with Crippen molar-refractivity contribution in [2.75, 3.05) is 40.4 Å². The largest absolute Gasteiger partial charge is 0.497 e.